The fourth-order valence-electron chi connectivity index (χ4n) is 2.30. The van der Waals surface area contributed by atoms with Crippen LogP contribution in [-0.2, 0) is 4.79 Å². The van der Waals surface area contributed by atoms with Gasteiger partial charge < -0.3 is 10.1 Å². The van der Waals surface area contributed by atoms with Crippen molar-refractivity contribution in [3.63, 3.8) is 0 Å². The summed E-state index contributed by atoms with van der Waals surface area (Å²) in [6.45, 7) is 3.02. The number of hydrogen-bond donors (Lipinski definition) is 1. The van der Waals surface area contributed by atoms with Crippen molar-refractivity contribution in [2.45, 2.75) is 6.92 Å². The second-order valence-electron chi connectivity index (χ2n) is 5.87. The van der Waals surface area contributed by atoms with E-state index in [-0.39, 0.29) is 28.8 Å². The van der Waals surface area contributed by atoms with E-state index < -0.39 is 4.92 Å². The first-order chi connectivity index (χ1) is 12.3. The number of anilines is 1. The number of hydrogen-bond acceptors (Lipinski definition) is 5. The summed E-state index contributed by atoms with van der Waals surface area (Å²) in [5, 5.41) is 13.8. The van der Waals surface area contributed by atoms with Crippen LogP contribution in [0.2, 0.25) is 5.02 Å². The van der Waals surface area contributed by atoms with Gasteiger partial charge >= 0.3 is 0 Å². The highest BCUT2D eigenvalue weighted by molar-refractivity contribution is 6.31. The zero-order chi connectivity index (χ0) is 19.1. The number of benzene rings is 2. The quantitative estimate of drug-likeness (QED) is 0.562. The number of nitrogens with one attached hydrogen (secondary N) is 1. The Morgan fingerprint density at radius 2 is 2.08 bits per heavy atom. The molecule has 0 atom stereocenters. The van der Waals surface area contributed by atoms with Crippen LogP contribution in [0.1, 0.15) is 5.56 Å². The van der Waals surface area contributed by atoms with Crippen LogP contribution in [0.5, 0.6) is 5.75 Å². The molecule has 138 valence electrons. The summed E-state index contributed by atoms with van der Waals surface area (Å²) in [5.41, 5.74) is 0.991. The second kappa shape index (κ2) is 9.17. The molecule has 7 nitrogen and oxygen atoms in total. The lowest BCUT2D eigenvalue weighted by atomic mass is 10.2. The zero-order valence-electron chi connectivity index (χ0n) is 14.6. The summed E-state index contributed by atoms with van der Waals surface area (Å²) < 4.78 is 5.64. The molecule has 0 aromatic heterocycles. The van der Waals surface area contributed by atoms with Crippen LogP contribution in [0.3, 0.4) is 0 Å². The molecular weight excluding hydrogens is 358 g/mol. The molecule has 2 aromatic carbocycles. The summed E-state index contributed by atoms with van der Waals surface area (Å²) in [4.78, 5) is 24.3. The summed E-state index contributed by atoms with van der Waals surface area (Å²) in [5.74, 6) is 0.424. The molecule has 0 bridgehead atoms. The molecule has 0 fully saturated rings. The van der Waals surface area contributed by atoms with Gasteiger partial charge in [-0.1, -0.05) is 23.7 Å². The van der Waals surface area contributed by atoms with Crippen molar-refractivity contribution < 1.29 is 14.5 Å². The van der Waals surface area contributed by atoms with Crippen LogP contribution in [0.4, 0.5) is 11.4 Å². The molecule has 2 aromatic rings. The summed E-state index contributed by atoms with van der Waals surface area (Å²) in [7, 11) is 1.77. The Morgan fingerprint density at radius 3 is 2.77 bits per heavy atom. The normalized spacial score (nSPS) is 10.6. The minimum Gasteiger partial charge on any atom is -0.492 e. The molecule has 26 heavy (non-hydrogen) atoms. The molecule has 1 N–H and O–H groups in total. The number of halogens is 1. The zero-order valence-corrected chi connectivity index (χ0v) is 15.3. The van der Waals surface area contributed by atoms with Crippen molar-refractivity contribution >= 4 is 28.9 Å². The van der Waals surface area contributed by atoms with Gasteiger partial charge in [-0.15, -0.1) is 0 Å². The van der Waals surface area contributed by atoms with Gasteiger partial charge in [0.05, 0.1) is 11.5 Å². The number of amides is 1. The third-order valence-electron chi connectivity index (χ3n) is 3.58. The van der Waals surface area contributed by atoms with E-state index >= 15 is 0 Å². The van der Waals surface area contributed by atoms with E-state index in [1.165, 1.54) is 18.2 Å². The molecule has 0 spiro atoms. The SMILES string of the molecule is Cc1cccc(OCCN(C)CC(=O)Nc2ccc(Cl)cc2[N+](=O)[O-])c1. The highest BCUT2D eigenvalue weighted by atomic mass is 35.5. The number of nitrogens with zero attached hydrogens (tertiary/aromatic N) is 2. The molecule has 0 saturated heterocycles. The van der Waals surface area contributed by atoms with Crippen molar-refractivity contribution in [3.05, 3.63) is 63.2 Å². The van der Waals surface area contributed by atoms with E-state index in [9.17, 15) is 14.9 Å². The third kappa shape index (κ3) is 6.02. The third-order valence-corrected chi connectivity index (χ3v) is 3.81. The lowest BCUT2D eigenvalue weighted by Gasteiger charge is -2.17. The van der Waals surface area contributed by atoms with Crippen LogP contribution in [0, 0.1) is 17.0 Å². The van der Waals surface area contributed by atoms with Crippen LogP contribution in [0.25, 0.3) is 0 Å². The van der Waals surface area contributed by atoms with Crippen LogP contribution in [0.15, 0.2) is 42.5 Å². The van der Waals surface area contributed by atoms with Gasteiger partial charge in [-0.2, -0.15) is 0 Å². The van der Waals surface area contributed by atoms with E-state index in [0.29, 0.717) is 13.2 Å². The second-order valence-corrected chi connectivity index (χ2v) is 6.31. The lowest BCUT2D eigenvalue weighted by Crippen LogP contribution is -2.33. The Kier molecular flexibility index (Phi) is 6.94. The van der Waals surface area contributed by atoms with Crippen molar-refractivity contribution in [1.82, 2.24) is 4.90 Å². The fourth-order valence-corrected chi connectivity index (χ4v) is 2.47. The minimum absolute atomic E-state index is 0.0803. The first kappa shape index (κ1) is 19.7. The molecule has 1 amide bonds. The summed E-state index contributed by atoms with van der Waals surface area (Å²) >= 11 is 5.76. The molecule has 2 rings (SSSR count). The van der Waals surface area contributed by atoms with Crippen LogP contribution < -0.4 is 10.1 Å². The molecule has 0 unspecified atom stereocenters. The number of carbonyl (C=O) groups is 1. The Labute approximate surface area is 156 Å². The average molecular weight is 378 g/mol. The van der Waals surface area contributed by atoms with Crippen molar-refractivity contribution in [2.75, 3.05) is 32.1 Å². The highest BCUT2D eigenvalue weighted by Crippen LogP contribution is 2.27. The van der Waals surface area contributed by atoms with Crippen LogP contribution in [-0.4, -0.2) is 42.5 Å². The molecule has 8 heteroatoms. The van der Waals surface area contributed by atoms with Gasteiger partial charge in [0.1, 0.15) is 18.0 Å². The molecule has 0 aliphatic heterocycles. The molecule has 0 aliphatic rings. The van der Waals surface area contributed by atoms with Gasteiger partial charge in [0.2, 0.25) is 5.91 Å². The predicted octanol–water partition coefficient (Wildman–Crippen LogP) is 3.51. The van der Waals surface area contributed by atoms with Gasteiger partial charge in [-0.05, 0) is 43.8 Å². The molecule has 0 aliphatic carbocycles. The van der Waals surface area contributed by atoms with E-state index in [1.54, 1.807) is 11.9 Å². The molecule has 0 heterocycles. The van der Waals surface area contributed by atoms with Crippen molar-refractivity contribution in [2.24, 2.45) is 0 Å². The molecular formula is C18H20ClN3O4. The van der Waals surface area contributed by atoms with E-state index in [1.807, 2.05) is 31.2 Å². The Hall–Kier alpha value is -2.64. The minimum atomic E-state index is -0.582. The number of rotatable bonds is 8. The van der Waals surface area contributed by atoms with Gasteiger partial charge in [-0.25, -0.2) is 0 Å². The van der Waals surface area contributed by atoms with Gasteiger partial charge in [0, 0.05) is 17.6 Å². The largest absolute Gasteiger partial charge is 0.492 e. The van der Waals surface area contributed by atoms with E-state index in [0.717, 1.165) is 11.3 Å². The summed E-state index contributed by atoms with van der Waals surface area (Å²) in [6, 6.07) is 11.8. The maximum atomic E-state index is 12.1. The van der Waals surface area contributed by atoms with Crippen LogP contribution >= 0.6 is 11.6 Å². The summed E-state index contributed by atoms with van der Waals surface area (Å²) in [6.07, 6.45) is 0. The maximum Gasteiger partial charge on any atom is 0.294 e. The highest BCUT2D eigenvalue weighted by Gasteiger charge is 2.17. The van der Waals surface area contributed by atoms with Crippen molar-refractivity contribution in [3.8, 4) is 5.75 Å². The van der Waals surface area contributed by atoms with Gasteiger partial charge in [0.25, 0.3) is 5.69 Å². The lowest BCUT2D eigenvalue weighted by molar-refractivity contribution is -0.383. The number of carbonyl (C=O) groups excluding carboxylic acids is 1. The Morgan fingerprint density at radius 1 is 1.31 bits per heavy atom. The monoisotopic (exact) mass is 377 g/mol. The predicted molar refractivity (Wildman–Crippen MR) is 101 cm³/mol. The van der Waals surface area contributed by atoms with E-state index in [2.05, 4.69) is 5.32 Å². The first-order valence-electron chi connectivity index (χ1n) is 7.97. The Bertz CT molecular complexity index is 798. The number of ether oxygens (including phenoxy) is 1. The standard InChI is InChI=1S/C18H20ClN3O4/c1-13-4-3-5-15(10-13)26-9-8-21(2)12-18(23)20-16-7-6-14(19)11-17(16)22(24)25/h3-7,10-11H,8-9,12H2,1-2H3,(H,20,23). The molecule has 0 radical (unpaired) electrons. The van der Waals surface area contributed by atoms with E-state index in [4.69, 9.17) is 16.3 Å². The van der Waals surface area contributed by atoms with Crippen molar-refractivity contribution in [1.29, 1.82) is 0 Å². The van der Waals surface area contributed by atoms with Gasteiger partial charge in [0.15, 0.2) is 0 Å². The smallest absolute Gasteiger partial charge is 0.294 e. The first-order valence-corrected chi connectivity index (χ1v) is 8.35. The number of likely N-dealkylation sites (N-methyl/N-ethyl adjacent to an activating group) is 1. The Balaban J connectivity index is 1.83. The molecule has 0 saturated carbocycles. The average Bonchev–Trinajstić information content (AvgIpc) is 2.56. The topological polar surface area (TPSA) is 84.7 Å². The number of nitro benzene ring substituents is 1. The van der Waals surface area contributed by atoms with Gasteiger partial charge in [-0.3, -0.25) is 19.8 Å². The number of nitro groups is 1. The maximum absolute atomic E-state index is 12.1. The fraction of sp³-hybridized carbons (Fsp3) is 0.278. The number of aryl methyl sites for hydroxylation is 1.